The number of nitrogens with zero attached hydrogens (tertiary/aromatic N) is 1. The van der Waals surface area contributed by atoms with Crippen LogP contribution in [0.5, 0.6) is 0 Å². The van der Waals surface area contributed by atoms with Gasteiger partial charge in [0.05, 0.1) is 0 Å². The van der Waals surface area contributed by atoms with E-state index in [9.17, 15) is 9.18 Å². The molecule has 0 radical (unpaired) electrons. The predicted octanol–water partition coefficient (Wildman–Crippen LogP) is 2.70. The van der Waals surface area contributed by atoms with E-state index < -0.39 is 0 Å². The van der Waals surface area contributed by atoms with E-state index in [-0.39, 0.29) is 17.1 Å². The lowest BCUT2D eigenvalue weighted by atomic mass is 9.66. The van der Waals surface area contributed by atoms with Gasteiger partial charge in [0.25, 0.3) is 0 Å². The number of halogens is 1. The van der Waals surface area contributed by atoms with Gasteiger partial charge in [-0.05, 0) is 56.0 Å². The monoisotopic (exact) mass is 264 g/mol. The summed E-state index contributed by atoms with van der Waals surface area (Å²) in [5.41, 5.74) is 6.55. The Hall–Kier alpha value is -1.42. The topological polar surface area (TPSA) is 46.3 Å². The van der Waals surface area contributed by atoms with Crippen LogP contribution in [0, 0.1) is 11.2 Å². The quantitative estimate of drug-likeness (QED) is 0.888. The van der Waals surface area contributed by atoms with Crippen molar-refractivity contribution in [2.45, 2.75) is 32.6 Å². The van der Waals surface area contributed by atoms with Crippen LogP contribution in [0.15, 0.2) is 24.3 Å². The Morgan fingerprint density at radius 1 is 1.37 bits per heavy atom. The third-order valence-electron chi connectivity index (χ3n) is 4.13. The van der Waals surface area contributed by atoms with Gasteiger partial charge in [0.1, 0.15) is 5.82 Å². The molecule has 0 aromatic heterocycles. The standard InChI is InChI=1S/C15H21FN2O/c1-2-18(13-6-4-12(16)5-7-13)14(19)10-15(11-17)8-3-9-15/h4-7H,2-3,8-11,17H2,1H3. The molecule has 0 saturated heterocycles. The van der Waals surface area contributed by atoms with Gasteiger partial charge in [-0.3, -0.25) is 4.79 Å². The molecule has 0 unspecified atom stereocenters. The second-order valence-electron chi connectivity index (χ2n) is 5.35. The third-order valence-corrected chi connectivity index (χ3v) is 4.13. The molecule has 0 spiro atoms. The zero-order valence-electron chi connectivity index (χ0n) is 11.4. The normalized spacial score (nSPS) is 16.8. The molecule has 1 aromatic carbocycles. The van der Waals surface area contributed by atoms with Crippen molar-refractivity contribution in [3.8, 4) is 0 Å². The highest BCUT2D eigenvalue weighted by Gasteiger charge is 2.38. The van der Waals surface area contributed by atoms with Crippen molar-refractivity contribution < 1.29 is 9.18 Å². The van der Waals surface area contributed by atoms with Crippen molar-refractivity contribution in [3.05, 3.63) is 30.1 Å². The van der Waals surface area contributed by atoms with E-state index in [4.69, 9.17) is 5.73 Å². The first-order valence-electron chi connectivity index (χ1n) is 6.86. The SMILES string of the molecule is CCN(C(=O)CC1(CN)CCC1)c1ccc(F)cc1. The maximum Gasteiger partial charge on any atom is 0.227 e. The summed E-state index contributed by atoms with van der Waals surface area (Å²) in [6.07, 6.45) is 3.73. The van der Waals surface area contributed by atoms with Crippen LogP contribution in [0.2, 0.25) is 0 Å². The summed E-state index contributed by atoms with van der Waals surface area (Å²) in [5, 5.41) is 0. The van der Waals surface area contributed by atoms with Crippen molar-refractivity contribution in [2.75, 3.05) is 18.0 Å². The lowest BCUT2D eigenvalue weighted by Gasteiger charge is -2.41. The van der Waals surface area contributed by atoms with Crippen LogP contribution >= 0.6 is 0 Å². The molecule has 4 heteroatoms. The Morgan fingerprint density at radius 2 is 2.00 bits per heavy atom. The lowest BCUT2D eigenvalue weighted by Crippen LogP contribution is -2.43. The number of hydrogen-bond donors (Lipinski definition) is 1. The molecule has 19 heavy (non-hydrogen) atoms. The average Bonchev–Trinajstić information content (AvgIpc) is 2.37. The summed E-state index contributed by atoms with van der Waals surface area (Å²) < 4.78 is 12.9. The Bertz CT molecular complexity index is 434. The number of nitrogens with two attached hydrogens (primary N) is 1. The Labute approximate surface area is 113 Å². The van der Waals surface area contributed by atoms with Gasteiger partial charge >= 0.3 is 0 Å². The number of rotatable bonds is 5. The minimum absolute atomic E-state index is 0.00450. The van der Waals surface area contributed by atoms with Gasteiger partial charge in [-0.2, -0.15) is 0 Å². The van der Waals surface area contributed by atoms with E-state index in [0.29, 0.717) is 19.5 Å². The van der Waals surface area contributed by atoms with E-state index in [1.54, 1.807) is 17.0 Å². The van der Waals surface area contributed by atoms with E-state index in [2.05, 4.69) is 0 Å². The Balaban J connectivity index is 2.08. The van der Waals surface area contributed by atoms with Gasteiger partial charge in [-0.1, -0.05) is 6.42 Å². The highest BCUT2D eigenvalue weighted by Crippen LogP contribution is 2.43. The molecule has 2 N–H and O–H groups in total. The van der Waals surface area contributed by atoms with Crippen molar-refractivity contribution in [1.82, 2.24) is 0 Å². The van der Waals surface area contributed by atoms with Crippen LogP contribution in [0.1, 0.15) is 32.6 Å². The first-order valence-corrected chi connectivity index (χ1v) is 6.86. The molecular formula is C15H21FN2O. The molecule has 3 nitrogen and oxygen atoms in total. The molecule has 1 amide bonds. The van der Waals surface area contributed by atoms with Crippen molar-refractivity contribution in [3.63, 3.8) is 0 Å². The van der Waals surface area contributed by atoms with Crippen molar-refractivity contribution in [1.29, 1.82) is 0 Å². The zero-order chi connectivity index (χ0) is 13.9. The maximum atomic E-state index is 12.9. The molecule has 1 saturated carbocycles. The molecule has 104 valence electrons. The molecule has 1 aliphatic rings. The number of benzene rings is 1. The van der Waals surface area contributed by atoms with E-state index in [1.165, 1.54) is 12.1 Å². The highest BCUT2D eigenvalue weighted by atomic mass is 19.1. The fourth-order valence-corrected chi connectivity index (χ4v) is 2.67. The fraction of sp³-hybridized carbons (Fsp3) is 0.533. The van der Waals surface area contributed by atoms with Crippen LogP contribution in [0.25, 0.3) is 0 Å². The van der Waals surface area contributed by atoms with Crippen LogP contribution in [-0.4, -0.2) is 19.0 Å². The number of carbonyl (C=O) groups excluding carboxylic acids is 1. The second kappa shape index (κ2) is 5.70. The number of amides is 1. The van der Waals surface area contributed by atoms with E-state index in [1.807, 2.05) is 6.92 Å². The molecule has 1 aromatic rings. The summed E-state index contributed by atoms with van der Waals surface area (Å²) in [4.78, 5) is 14.1. The van der Waals surface area contributed by atoms with Crippen molar-refractivity contribution >= 4 is 11.6 Å². The minimum atomic E-state index is -0.287. The van der Waals surface area contributed by atoms with Crippen LogP contribution in [0.4, 0.5) is 10.1 Å². The molecule has 0 atom stereocenters. The Morgan fingerprint density at radius 3 is 2.42 bits per heavy atom. The Kier molecular flexibility index (Phi) is 4.20. The predicted molar refractivity (Wildman–Crippen MR) is 74.4 cm³/mol. The van der Waals surface area contributed by atoms with Gasteiger partial charge in [0, 0.05) is 18.7 Å². The lowest BCUT2D eigenvalue weighted by molar-refractivity contribution is -0.122. The van der Waals surface area contributed by atoms with E-state index in [0.717, 1.165) is 24.9 Å². The zero-order valence-corrected chi connectivity index (χ0v) is 11.4. The largest absolute Gasteiger partial charge is 0.330 e. The number of anilines is 1. The van der Waals surface area contributed by atoms with Gasteiger partial charge in [-0.15, -0.1) is 0 Å². The van der Waals surface area contributed by atoms with Gasteiger partial charge in [0.15, 0.2) is 0 Å². The molecule has 2 rings (SSSR count). The van der Waals surface area contributed by atoms with Gasteiger partial charge in [-0.25, -0.2) is 4.39 Å². The van der Waals surface area contributed by atoms with E-state index >= 15 is 0 Å². The second-order valence-corrected chi connectivity index (χ2v) is 5.35. The highest BCUT2D eigenvalue weighted by molar-refractivity contribution is 5.93. The molecular weight excluding hydrogens is 243 g/mol. The summed E-state index contributed by atoms with van der Waals surface area (Å²) >= 11 is 0. The summed E-state index contributed by atoms with van der Waals surface area (Å²) in [6, 6.07) is 6.06. The fourth-order valence-electron chi connectivity index (χ4n) is 2.67. The summed E-state index contributed by atoms with van der Waals surface area (Å²) in [5.74, 6) is -0.205. The van der Waals surface area contributed by atoms with Gasteiger partial charge in [0.2, 0.25) is 5.91 Å². The molecule has 0 aliphatic heterocycles. The first kappa shape index (κ1) is 14.0. The maximum absolute atomic E-state index is 12.9. The number of carbonyl (C=O) groups is 1. The molecule has 0 heterocycles. The average molecular weight is 264 g/mol. The number of hydrogen-bond acceptors (Lipinski definition) is 2. The summed E-state index contributed by atoms with van der Waals surface area (Å²) in [6.45, 7) is 3.09. The smallest absolute Gasteiger partial charge is 0.227 e. The minimum Gasteiger partial charge on any atom is -0.330 e. The molecule has 1 aliphatic carbocycles. The van der Waals surface area contributed by atoms with Gasteiger partial charge < -0.3 is 10.6 Å². The molecule has 1 fully saturated rings. The first-order chi connectivity index (χ1) is 9.10. The summed E-state index contributed by atoms with van der Waals surface area (Å²) in [7, 11) is 0. The van der Waals surface area contributed by atoms with Crippen LogP contribution in [-0.2, 0) is 4.79 Å². The van der Waals surface area contributed by atoms with Crippen LogP contribution in [0.3, 0.4) is 0 Å². The van der Waals surface area contributed by atoms with Crippen molar-refractivity contribution in [2.24, 2.45) is 11.1 Å². The van der Waals surface area contributed by atoms with Crippen LogP contribution < -0.4 is 10.6 Å². The molecule has 0 bridgehead atoms. The third kappa shape index (κ3) is 2.95.